The Kier molecular flexibility index (Phi) is 4.89. The Bertz CT molecular complexity index is 592. The summed E-state index contributed by atoms with van der Waals surface area (Å²) in [6.45, 7) is 8.16. The molecule has 0 atom stereocenters. The van der Waals surface area contributed by atoms with Crippen molar-refractivity contribution in [2.75, 3.05) is 25.0 Å². The van der Waals surface area contributed by atoms with Crippen molar-refractivity contribution in [1.82, 2.24) is 14.9 Å². The van der Waals surface area contributed by atoms with E-state index in [0.29, 0.717) is 13.0 Å². The van der Waals surface area contributed by atoms with Crippen LogP contribution in [-0.2, 0) is 4.79 Å². The third-order valence-electron chi connectivity index (χ3n) is 3.20. The minimum atomic E-state index is 0.175. The van der Waals surface area contributed by atoms with Gasteiger partial charge in [-0.3, -0.25) is 4.79 Å². The predicted octanol–water partition coefficient (Wildman–Crippen LogP) is 2.67. The van der Waals surface area contributed by atoms with Crippen molar-refractivity contribution < 1.29 is 4.79 Å². The van der Waals surface area contributed by atoms with Gasteiger partial charge in [0.25, 0.3) is 0 Å². The predicted molar refractivity (Wildman–Crippen MR) is 83.2 cm³/mol. The normalized spacial score (nSPS) is 10.8. The SMILES string of the molecule is CCN(CC)C(=O)CCNc1ncnc2sc(C)cc12. The largest absolute Gasteiger partial charge is 0.369 e. The number of aryl methyl sites for hydroxylation is 1. The summed E-state index contributed by atoms with van der Waals surface area (Å²) in [4.78, 5) is 24.5. The van der Waals surface area contributed by atoms with Crippen molar-refractivity contribution in [3.05, 3.63) is 17.3 Å². The zero-order valence-electron chi connectivity index (χ0n) is 12.1. The highest BCUT2D eigenvalue weighted by Gasteiger charge is 2.10. The summed E-state index contributed by atoms with van der Waals surface area (Å²) < 4.78 is 0. The molecular formula is C14H20N4OS. The Labute approximate surface area is 123 Å². The Morgan fingerprint density at radius 1 is 1.35 bits per heavy atom. The summed E-state index contributed by atoms with van der Waals surface area (Å²) in [7, 11) is 0. The van der Waals surface area contributed by atoms with E-state index in [2.05, 4.69) is 28.3 Å². The second kappa shape index (κ2) is 6.65. The Balaban J connectivity index is 1.98. The van der Waals surface area contributed by atoms with Gasteiger partial charge in [0, 0.05) is 30.9 Å². The highest BCUT2D eigenvalue weighted by Crippen LogP contribution is 2.27. The lowest BCUT2D eigenvalue weighted by Crippen LogP contribution is -2.31. The maximum absolute atomic E-state index is 11.9. The van der Waals surface area contributed by atoms with Crippen molar-refractivity contribution in [3.63, 3.8) is 0 Å². The van der Waals surface area contributed by atoms with E-state index in [0.717, 1.165) is 29.1 Å². The zero-order valence-corrected chi connectivity index (χ0v) is 13.0. The smallest absolute Gasteiger partial charge is 0.224 e. The van der Waals surface area contributed by atoms with Crippen LogP contribution in [0.3, 0.4) is 0 Å². The Morgan fingerprint density at radius 3 is 2.80 bits per heavy atom. The number of carbonyl (C=O) groups is 1. The average Bonchev–Trinajstić information content (AvgIpc) is 2.81. The number of rotatable bonds is 6. The van der Waals surface area contributed by atoms with E-state index in [1.165, 1.54) is 4.88 Å². The first-order valence-electron chi connectivity index (χ1n) is 6.88. The van der Waals surface area contributed by atoms with Crippen molar-refractivity contribution in [1.29, 1.82) is 0 Å². The third kappa shape index (κ3) is 3.25. The second-order valence-electron chi connectivity index (χ2n) is 4.54. The summed E-state index contributed by atoms with van der Waals surface area (Å²) >= 11 is 1.65. The maximum atomic E-state index is 11.9. The number of hydrogen-bond acceptors (Lipinski definition) is 5. The lowest BCUT2D eigenvalue weighted by Gasteiger charge is -2.18. The molecule has 0 aliphatic carbocycles. The second-order valence-corrected chi connectivity index (χ2v) is 5.78. The first kappa shape index (κ1) is 14.7. The first-order chi connectivity index (χ1) is 9.65. The Hall–Kier alpha value is -1.69. The van der Waals surface area contributed by atoms with Gasteiger partial charge in [0.1, 0.15) is 17.0 Å². The molecule has 2 heterocycles. The standard InChI is InChI=1S/C14H20N4OS/c1-4-18(5-2)12(19)6-7-15-13-11-8-10(3)20-14(11)17-9-16-13/h8-9H,4-7H2,1-3H3,(H,15,16,17). The van der Waals surface area contributed by atoms with Crippen LogP contribution in [0.25, 0.3) is 10.2 Å². The van der Waals surface area contributed by atoms with Crippen LogP contribution in [0.15, 0.2) is 12.4 Å². The van der Waals surface area contributed by atoms with E-state index in [1.54, 1.807) is 17.7 Å². The molecule has 0 saturated carbocycles. The molecule has 0 saturated heterocycles. The number of hydrogen-bond donors (Lipinski definition) is 1. The molecule has 1 N–H and O–H groups in total. The van der Waals surface area contributed by atoms with Gasteiger partial charge in [0.2, 0.25) is 5.91 Å². The van der Waals surface area contributed by atoms with Gasteiger partial charge in [-0.05, 0) is 26.8 Å². The van der Waals surface area contributed by atoms with E-state index in [9.17, 15) is 4.79 Å². The molecule has 0 aromatic carbocycles. The van der Waals surface area contributed by atoms with Gasteiger partial charge in [-0.2, -0.15) is 0 Å². The summed E-state index contributed by atoms with van der Waals surface area (Å²) in [6.07, 6.45) is 2.04. The fraction of sp³-hybridized carbons (Fsp3) is 0.500. The van der Waals surface area contributed by atoms with Gasteiger partial charge in [0.15, 0.2) is 0 Å². The van der Waals surface area contributed by atoms with Crippen molar-refractivity contribution in [2.24, 2.45) is 0 Å². The molecule has 0 radical (unpaired) electrons. The minimum Gasteiger partial charge on any atom is -0.369 e. The molecule has 1 amide bonds. The topological polar surface area (TPSA) is 58.1 Å². The molecule has 0 bridgehead atoms. The number of thiophene rings is 1. The molecule has 0 aliphatic rings. The number of amides is 1. The number of nitrogens with zero attached hydrogens (tertiary/aromatic N) is 3. The van der Waals surface area contributed by atoms with Gasteiger partial charge in [-0.15, -0.1) is 11.3 Å². The molecule has 0 spiro atoms. The molecule has 0 unspecified atom stereocenters. The van der Waals surface area contributed by atoms with E-state index in [-0.39, 0.29) is 5.91 Å². The van der Waals surface area contributed by atoms with Crippen molar-refractivity contribution >= 4 is 33.3 Å². The molecule has 2 rings (SSSR count). The number of aromatic nitrogens is 2. The fourth-order valence-electron chi connectivity index (χ4n) is 2.14. The van der Waals surface area contributed by atoms with Gasteiger partial charge in [-0.25, -0.2) is 9.97 Å². The van der Waals surface area contributed by atoms with Crippen LogP contribution in [0.1, 0.15) is 25.1 Å². The number of fused-ring (bicyclic) bond motifs is 1. The van der Waals surface area contributed by atoms with Crippen LogP contribution < -0.4 is 5.32 Å². The molecule has 20 heavy (non-hydrogen) atoms. The number of anilines is 1. The molecular weight excluding hydrogens is 272 g/mol. The lowest BCUT2D eigenvalue weighted by atomic mass is 10.3. The summed E-state index contributed by atoms with van der Waals surface area (Å²) in [5.74, 6) is 0.987. The lowest BCUT2D eigenvalue weighted by molar-refractivity contribution is -0.130. The van der Waals surface area contributed by atoms with Gasteiger partial charge >= 0.3 is 0 Å². The summed E-state index contributed by atoms with van der Waals surface area (Å²) in [6, 6.07) is 2.08. The van der Waals surface area contributed by atoms with E-state index in [1.807, 2.05) is 18.7 Å². The average molecular weight is 292 g/mol. The van der Waals surface area contributed by atoms with Crippen LogP contribution in [0, 0.1) is 6.92 Å². The van der Waals surface area contributed by atoms with Gasteiger partial charge in [-0.1, -0.05) is 0 Å². The molecule has 0 fully saturated rings. The highest BCUT2D eigenvalue weighted by molar-refractivity contribution is 7.18. The van der Waals surface area contributed by atoms with Crippen LogP contribution >= 0.6 is 11.3 Å². The summed E-state index contributed by atoms with van der Waals surface area (Å²) in [5.41, 5.74) is 0. The van der Waals surface area contributed by atoms with Crippen molar-refractivity contribution in [3.8, 4) is 0 Å². The maximum Gasteiger partial charge on any atom is 0.224 e. The van der Waals surface area contributed by atoms with Crippen LogP contribution in [-0.4, -0.2) is 40.4 Å². The van der Waals surface area contributed by atoms with E-state index in [4.69, 9.17) is 0 Å². The van der Waals surface area contributed by atoms with Crippen LogP contribution in [0.4, 0.5) is 5.82 Å². The van der Waals surface area contributed by atoms with Gasteiger partial charge in [0.05, 0.1) is 5.39 Å². The van der Waals surface area contributed by atoms with Crippen molar-refractivity contribution in [2.45, 2.75) is 27.2 Å². The number of nitrogens with one attached hydrogen (secondary N) is 1. The fourth-order valence-corrected chi connectivity index (χ4v) is 2.99. The quantitative estimate of drug-likeness (QED) is 0.889. The molecule has 2 aromatic heterocycles. The van der Waals surface area contributed by atoms with Crippen LogP contribution in [0.5, 0.6) is 0 Å². The summed E-state index contributed by atoms with van der Waals surface area (Å²) in [5, 5.41) is 4.28. The highest BCUT2D eigenvalue weighted by atomic mass is 32.1. The number of carbonyl (C=O) groups excluding carboxylic acids is 1. The molecule has 5 nitrogen and oxygen atoms in total. The first-order valence-corrected chi connectivity index (χ1v) is 7.70. The van der Waals surface area contributed by atoms with E-state index >= 15 is 0 Å². The molecule has 6 heteroatoms. The third-order valence-corrected chi connectivity index (χ3v) is 4.16. The molecule has 108 valence electrons. The zero-order chi connectivity index (χ0) is 14.5. The van der Waals surface area contributed by atoms with Gasteiger partial charge < -0.3 is 10.2 Å². The Morgan fingerprint density at radius 2 is 2.10 bits per heavy atom. The minimum absolute atomic E-state index is 0.175. The molecule has 0 aliphatic heterocycles. The monoisotopic (exact) mass is 292 g/mol. The van der Waals surface area contributed by atoms with Crippen LogP contribution in [0.2, 0.25) is 0 Å². The van der Waals surface area contributed by atoms with E-state index < -0.39 is 0 Å². The molecule has 2 aromatic rings.